The number of hydrogen-bond acceptors (Lipinski definition) is 2. The van der Waals surface area contributed by atoms with Gasteiger partial charge in [0.15, 0.2) is 0 Å². The highest BCUT2D eigenvalue weighted by molar-refractivity contribution is 4.71. The first-order chi connectivity index (χ1) is 4.41. The Morgan fingerprint density at radius 3 is 2.56 bits per heavy atom. The summed E-state index contributed by atoms with van der Waals surface area (Å²) in [5, 5.41) is 0. The summed E-state index contributed by atoms with van der Waals surface area (Å²) in [6.45, 7) is 6.05. The zero-order chi connectivity index (χ0) is 6.95. The van der Waals surface area contributed by atoms with Crippen LogP contribution < -0.4 is 0 Å². The quantitative estimate of drug-likeness (QED) is 0.415. The molecule has 0 aliphatic rings. The summed E-state index contributed by atoms with van der Waals surface area (Å²) < 4.78 is 9.93. The van der Waals surface area contributed by atoms with Crippen molar-refractivity contribution in [2.75, 3.05) is 19.8 Å². The molecule has 0 atom stereocenters. The van der Waals surface area contributed by atoms with Crippen LogP contribution in [-0.4, -0.2) is 19.8 Å². The van der Waals surface area contributed by atoms with E-state index < -0.39 is 0 Å². The number of rotatable bonds is 5. The van der Waals surface area contributed by atoms with Gasteiger partial charge < -0.3 is 9.47 Å². The minimum Gasteiger partial charge on any atom is -0.502 e. The third kappa shape index (κ3) is 7.50. The van der Waals surface area contributed by atoms with Crippen LogP contribution in [0.3, 0.4) is 0 Å². The Balaban J connectivity index is 2.86. The first kappa shape index (κ1) is 8.50. The first-order valence-electron chi connectivity index (χ1n) is 3.26. The average Bonchev–Trinajstić information content (AvgIpc) is 1.89. The van der Waals surface area contributed by atoms with E-state index in [2.05, 4.69) is 0 Å². The van der Waals surface area contributed by atoms with Crippen LogP contribution in [-0.2, 0) is 9.47 Å². The standard InChI is InChI=1S/C7H14O2/c1-3-8-6-5-7-9-4-2/h5-6H,3-4,7H2,1-2H3. The Hall–Kier alpha value is -0.500. The molecule has 0 radical (unpaired) electrons. The van der Waals surface area contributed by atoms with Gasteiger partial charge in [-0.25, -0.2) is 0 Å². The minimum atomic E-state index is 0.649. The number of ether oxygens (including phenoxy) is 2. The first-order valence-corrected chi connectivity index (χ1v) is 3.26. The molecular weight excluding hydrogens is 116 g/mol. The molecule has 0 aromatic carbocycles. The van der Waals surface area contributed by atoms with Crippen molar-refractivity contribution in [3.05, 3.63) is 12.3 Å². The SMILES string of the molecule is CCOC=CCOCC. The molecule has 0 aromatic heterocycles. The van der Waals surface area contributed by atoms with Gasteiger partial charge in [-0.05, 0) is 19.9 Å². The van der Waals surface area contributed by atoms with Crippen LogP contribution in [0.2, 0.25) is 0 Å². The Bertz CT molecular complexity index is 69.3. The topological polar surface area (TPSA) is 18.5 Å². The molecule has 0 unspecified atom stereocenters. The zero-order valence-corrected chi connectivity index (χ0v) is 6.09. The van der Waals surface area contributed by atoms with Crippen molar-refractivity contribution < 1.29 is 9.47 Å². The van der Waals surface area contributed by atoms with Crippen LogP contribution in [0.5, 0.6) is 0 Å². The van der Waals surface area contributed by atoms with Gasteiger partial charge in [-0.3, -0.25) is 0 Å². The number of hydrogen-bond donors (Lipinski definition) is 0. The van der Waals surface area contributed by atoms with Gasteiger partial charge in [0.25, 0.3) is 0 Å². The molecule has 0 saturated heterocycles. The van der Waals surface area contributed by atoms with Crippen molar-refractivity contribution in [3.8, 4) is 0 Å². The lowest BCUT2D eigenvalue weighted by Gasteiger charge is -1.93. The lowest BCUT2D eigenvalue weighted by Crippen LogP contribution is -1.88. The van der Waals surface area contributed by atoms with Gasteiger partial charge in [-0.15, -0.1) is 0 Å². The Morgan fingerprint density at radius 1 is 1.22 bits per heavy atom. The Morgan fingerprint density at radius 2 is 2.00 bits per heavy atom. The Labute approximate surface area is 56.5 Å². The summed E-state index contributed by atoms with van der Waals surface area (Å²) in [5.74, 6) is 0. The molecule has 0 aromatic rings. The lowest BCUT2D eigenvalue weighted by atomic mass is 10.6. The van der Waals surface area contributed by atoms with E-state index in [1.165, 1.54) is 0 Å². The second-order valence-electron chi connectivity index (χ2n) is 1.49. The maximum atomic E-state index is 5.01. The molecule has 0 rings (SSSR count). The molecule has 0 aliphatic carbocycles. The molecule has 2 heteroatoms. The maximum absolute atomic E-state index is 5.01. The fraction of sp³-hybridized carbons (Fsp3) is 0.714. The van der Waals surface area contributed by atoms with Crippen LogP contribution in [0.15, 0.2) is 12.3 Å². The third-order valence-corrected chi connectivity index (χ3v) is 0.777. The minimum absolute atomic E-state index is 0.649. The summed E-state index contributed by atoms with van der Waals surface area (Å²) in [6.07, 6.45) is 3.52. The van der Waals surface area contributed by atoms with Crippen LogP contribution in [0, 0.1) is 0 Å². The molecule has 0 saturated carbocycles. The molecule has 0 N–H and O–H groups in total. The second-order valence-corrected chi connectivity index (χ2v) is 1.49. The van der Waals surface area contributed by atoms with Gasteiger partial charge in [-0.1, -0.05) is 0 Å². The molecule has 9 heavy (non-hydrogen) atoms. The van der Waals surface area contributed by atoms with Crippen LogP contribution in [0.4, 0.5) is 0 Å². The zero-order valence-electron chi connectivity index (χ0n) is 6.09. The highest BCUT2D eigenvalue weighted by atomic mass is 16.5. The van der Waals surface area contributed by atoms with Gasteiger partial charge >= 0.3 is 0 Å². The molecule has 0 spiro atoms. The van der Waals surface area contributed by atoms with E-state index in [1.54, 1.807) is 6.26 Å². The van der Waals surface area contributed by atoms with Crippen molar-refractivity contribution in [2.45, 2.75) is 13.8 Å². The van der Waals surface area contributed by atoms with Crippen LogP contribution >= 0.6 is 0 Å². The van der Waals surface area contributed by atoms with E-state index in [-0.39, 0.29) is 0 Å². The third-order valence-electron chi connectivity index (χ3n) is 0.777. The van der Waals surface area contributed by atoms with E-state index in [4.69, 9.17) is 9.47 Å². The highest BCUT2D eigenvalue weighted by Gasteiger charge is 1.74. The average molecular weight is 130 g/mol. The summed E-state index contributed by atoms with van der Waals surface area (Å²) in [7, 11) is 0. The van der Waals surface area contributed by atoms with Gasteiger partial charge in [-0.2, -0.15) is 0 Å². The van der Waals surface area contributed by atoms with E-state index in [0.717, 1.165) is 13.2 Å². The molecule has 0 fully saturated rings. The normalized spacial score (nSPS) is 10.4. The second kappa shape index (κ2) is 7.50. The van der Waals surface area contributed by atoms with Crippen molar-refractivity contribution in [3.63, 3.8) is 0 Å². The fourth-order valence-electron chi connectivity index (χ4n) is 0.389. The molecule has 2 nitrogen and oxygen atoms in total. The van der Waals surface area contributed by atoms with Crippen molar-refractivity contribution >= 4 is 0 Å². The largest absolute Gasteiger partial charge is 0.502 e. The smallest absolute Gasteiger partial charge is 0.0845 e. The van der Waals surface area contributed by atoms with Crippen molar-refractivity contribution in [2.24, 2.45) is 0 Å². The molecule has 0 bridgehead atoms. The summed E-state index contributed by atoms with van der Waals surface area (Å²) in [6, 6.07) is 0. The van der Waals surface area contributed by atoms with E-state index in [9.17, 15) is 0 Å². The van der Waals surface area contributed by atoms with Crippen LogP contribution in [0.1, 0.15) is 13.8 Å². The lowest BCUT2D eigenvalue weighted by molar-refractivity contribution is 0.173. The molecule has 0 aliphatic heterocycles. The van der Waals surface area contributed by atoms with Crippen LogP contribution in [0.25, 0.3) is 0 Å². The van der Waals surface area contributed by atoms with Gasteiger partial charge in [0.05, 0.1) is 19.5 Å². The highest BCUT2D eigenvalue weighted by Crippen LogP contribution is 1.78. The monoisotopic (exact) mass is 130 g/mol. The summed E-state index contributed by atoms with van der Waals surface area (Å²) in [5.41, 5.74) is 0. The maximum Gasteiger partial charge on any atom is 0.0845 e. The van der Waals surface area contributed by atoms with Crippen molar-refractivity contribution in [1.82, 2.24) is 0 Å². The van der Waals surface area contributed by atoms with Gasteiger partial charge in [0, 0.05) is 6.61 Å². The molecule has 54 valence electrons. The van der Waals surface area contributed by atoms with Gasteiger partial charge in [0.2, 0.25) is 0 Å². The predicted octanol–water partition coefficient (Wildman–Crippen LogP) is 1.57. The summed E-state index contributed by atoms with van der Waals surface area (Å²) in [4.78, 5) is 0. The fourth-order valence-corrected chi connectivity index (χ4v) is 0.389. The van der Waals surface area contributed by atoms with E-state index in [1.807, 2.05) is 19.9 Å². The Kier molecular flexibility index (Phi) is 7.08. The molecule has 0 amide bonds. The van der Waals surface area contributed by atoms with Crippen molar-refractivity contribution in [1.29, 1.82) is 0 Å². The predicted molar refractivity (Wildman–Crippen MR) is 37.3 cm³/mol. The molecular formula is C7H14O2. The summed E-state index contributed by atoms with van der Waals surface area (Å²) >= 11 is 0. The van der Waals surface area contributed by atoms with E-state index >= 15 is 0 Å². The molecule has 0 heterocycles. The van der Waals surface area contributed by atoms with Gasteiger partial charge in [0.1, 0.15) is 0 Å². The van der Waals surface area contributed by atoms with E-state index in [0.29, 0.717) is 6.61 Å².